The molecule has 0 saturated heterocycles. The monoisotopic (exact) mass is 495 g/mol. The number of carbonyl (C=O) groups is 2. The molecule has 7 nitrogen and oxygen atoms in total. The average molecular weight is 496 g/mol. The lowest BCUT2D eigenvalue weighted by Gasteiger charge is -2.21. The van der Waals surface area contributed by atoms with Crippen molar-refractivity contribution in [2.24, 2.45) is 5.92 Å². The van der Waals surface area contributed by atoms with Crippen LogP contribution in [-0.4, -0.2) is 35.5 Å². The van der Waals surface area contributed by atoms with Gasteiger partial charge in [-0.15, -0.1) is 11.3 Å². The number of aromatic nitrogens is 1. The lowest BCUT2D eigenvalue weighted by atomic mass is 10.0. The van der Waals surface area contributed by atoms with Crippen LogP contribution in [0.2, 0.25) is 0 Å². The van der Waals surface area contributed by atoms with Crippen molar-refractivity contribution in [3.05, 3.63) is 69.7 Å². The Balaban J connectivity index is 1.30. The maximum Gasteiger partial charge on any atom is 0.273 e. The van der Waals surface area contributed by atoms with Crippen LogP contribution in [0.25, 0.3) is 0 Å². The first-order chi connectivity index (χ1) is 17.1. The molecule has 1 saturated carbocycles. The van der Waals surface area contributed by atoms with Crippen LogP contribution in [0.3, 0.4) is 0 Å². The molecule has 2 amide bonds. The summed E-state index contributed by atoms with van der Waals surface area (Å²) in [7, 11) is 1.63. The number of methoxy groups -OCH3 is 1. The van der Waals surface area contributed by atoms with E-state index in [2.05, 4.69) is 10.5 Å². The van der Waals surface area contributed by atoms with Gasteiger partial charge in [0.1, 0.15) is 5.75 Å². The number of nitrogens with zero attached hydrogens (tertiary/aromatic N) is 2. The van der Waals surface area contributed by atoms with Crippen molar-refractivity contribution in [3.8, 4) is 5.75 Å². The summed E-state index contributed by atoms with van der Waals surface area (Å²) in [5.74, 6) is 1.81. The Bertz CT molecular complexity index is 1070. The molecule has 1 aliphatic rings. The van der Waals surface area contributed by atoms with E-state index in [0.29, 0.717) is 44.2 Å². The minimum atomic E-state index is -0.286. The molecule has 1 fully saturated rings. The number of amides is 2. The van der Waals surface area contributed by atoms with Gasteiger partial charge in [0, 0.05) is 23.9 Å². The zero-order chi connectivity index (χ0) is 24.5. The fourth-order valence-corrected chi connectivity index (χ4v) is 5.21. The van der Waals surface area contributed by atoms with Crippen molar-refractivity contribution in [1.82, 2.24) is 15.4 Å². The van der Waals surface area contributed by atoms with Crippen molar-refractivity contribution >= 4 is 23.2 Å². The number of carbonyl (C=O) groups excluding carboxylic acids is 2. The summed E-state index contributed by atoms with van der Waals surface area (Å²) in [6, 6.07) is 13.4. The quantitative estimate of drug-likeness (QED) is 0.373. The molecule has 35 heavy (non-hydrogen) atoms. The van der Waals surface area contributed by atoms with E-state index in [-0.39, 0.29) is 17.5 Å². The van der Waals surface area contributed by atoms with E-state index >= 15 is 0 Å². The second-order valence-electron chi connectivity index (χ2n) is 9.05. The molecule has 1 N–H and O–H groups in total. The van der Waals surface area contributed by atoms with E-state index in [4.69, 9.17) is 9.26 Å². The Hall–Kier alpha value is -3.13. The highest BCUT2D eigenvalue weighted by Gasteiger charge is 2.22. The summed E-state index contributed by atoms with van der Waals surface area (Å²) in [5, 5.41) is 8.84. The normalized spacial score (nSPS) is 13.6. The second kappa shape index (κ2) is 12.5. The molecule has 0 unspecified atom stereocenters. The molecule has 8 heteroatoms. The molecule has 0 radical (unpaired) electrons. The van der Waals surface area contributed by atoms with Gasteiger partial charge >= 0.3 is 0 Å². The predicted octanol–water partition coefficient (Wildman–Crippen LogP) is 5.22. The van der Waals surface area contributed by atoms with E-state index < -0.39 is 0 Å². The third kappa shape index (κ3) is 7.42. The van der Waals surface area contributed by atoms with Gasteiger partial charge in [0.15, 0.2) is 11.5 Å². The molecule has 1 aliphatic carbocycles. The number of benzene rings is 1. The number of nitrogens with one attached hydrogen (secondary N) is 1. The largest absolute Gasteiger partial charge is 0.497 e. The Labute approximate surface area is 210 Å². The van der Waals surface area contributed by atoms with E-state index in [1.54, 1.807) is 24.5 Å². The highest BCUT2D eigenvalue weighted by molar-refractivity contribution is 7.09. The van der Waals surface area contributed by atoms with Gasteiger partial charge in [0.05, 0.1) is 20.2 Å². The van der Waals surface area contributed by atoms with Gasteiger partial charge < -0.3 is 19.5 Å². The Morgan fingerprint density at radius 1 is 1.17 bits per heavy atom. The van der Waals surface area contributed by atoms with Crippen molar-refractivity contribution in [2.75, 3.05) is 13.7 Å². The summed E-state index contributed by atoms with van der Waals surface area (Å²) in [5.41, 5.74) is 1.33. The number of hydrogen-bond acceptors (Lipinski definition) is 6. The SMILES string of the molecule is COc1ccc(CCNC(=O)c2cc(CN(Cc3cccs3)C(=O)CCC3CCCC3)on2)cc1. The maximum absolute atomic E-state index is 13.1. The van der Waals surface area contributed by atoms with Crippen molar-refractivity contribution < 1.29 is 18.8 Å². The summed E-state index contributed by atoms with van der Waals surface area (Å²) in [4.78, 5) is 28.5. The third-order valence-electron chi connectivity index (χ3n) is 6.52. The van der Waals surface area contributed by atoms with E-state index in [1.165, 1.54) is 25.7 Å². The smallest absolute Gasteiger partial charge is 0.273 e. The van der Waals surface area contributed by atoms with E-state index in [0.717, 1.165) is 22.6 Å². The Kier molecular flexibility index (Phi) is 8.95. The van der Waals surface area contributed by atoms with Crippen LogP contribution in [0.15, 0.2) is 52.4 Å². The minimum absolute atomic E-state index is 0.118. The number of ether oxygens (including phenoxy) is 1. The summed E-state index contributed by atoms with van der Waals surface area (Å²) in [6.45, 7) is 1.32. The molecule has 2 aromatic heterocycles. The van der Waals surface area contributed by atoms with Gasteiger partial charge in [0.25, 0.3) is 5.91 Å². The van der Waals surface area contributed by atoms with Gasteiger partial charge in [0.2, 0.25) is 5.91 Å². The standard InChI is InChI=1S/C27H33N3O4S/c1-33-22-11-8-21(9-12-22)14-15-28-27(32)25-17-23(34-29-25)18-30(19-24-7-4-16-35-24)26(31)13-10-20-5-2-3-6-20/h4,7-9,11-12,16-17,20H,2-3,5-6,10,13-15,18-19H2,1H3,(H,28,32). The van der Waals surface area contributed by atoms with Gasteiger partial charge in [-0.3, -0.25) is 9.59 Å². The van der Waals surface area contributed by atoms with Crippen LogP contribution in [0.1, 0.15) is 65.2 Å². The Morgan fingerprint density at radius 3 is 2.69 bits per heavy atom. The molecule has 0 bridgehead atoms. The molecule has 0 spiro atoms. The van der Waals surface area contributed by atoms with Crippen LogP contribution < -0.4 is 10.1 Å². The summed E-state index contributed by atoms with van der Waals surface area (Å²) >= 11 is 1.63. The fourth-order valence-electron chi connectivity index (χ4n) is 4.49. The number of rotatable bonds is 12. The molecule has 2 heterocycles. The molecule has 0 atom stereocenters. The molecular weight excluding hydrogens is 462 g/mol. The van der Waals surface area contributed by atoms with Crippen molar-refractivity contribution in [1.29, 1.82) is 0 Å². The van der Waals surface area contributed by atoms with Gasteiger partial charge in [-0.1, -0.05) is 49.0 Å². The van der Waals surface area contributed by atoms with Crippen LogP contribution in [-0.2, 0) is 24.3 Å². The third-order valence-corrected chi connectivity index (χ3v) is 7.38. The zero-order valence-corrected chi connectivity index (χ0v) is 21.0. The molecule has 186 valence electrons. The molecule has 1 aromatic carbocycles. The van der Waals surface area contributed by atoms with Crippen molar-refractivity contribution in [2.45, 2.75) is 58.0 Å². The first-order valence-corrected chi connectivity index (χ1v) is 13.2. The van der Waals surface area contributed by atoms with Gasteiger partial charge in [-0.25, -0.2) is 0 Å². The maximum atomic E-state index is 13.1. The first-order valence-electron chi connectivity index (χ1n) is 12.3. The highest BCUT2D eigenvalue weighted by atomic mass is 32.1. The topological polar surface area (TPSA) is 84.7 Å². The molecule has 3 aromatic rings. The molecule has 0 aliphatic heterocycles. The number of hydrogen-bond donors (Lipinski definition) is 1. The highest BCUT2D eigenvalue weighted by Crippen LogP contribution is 2.29. The predicted molar refractivity (Wildman–Crippen MR) is 135 cm³/mol. The summed E-state index contributed by atoms with van der Waals surface area (Å²) < 4.78 is 10.6. The minimum Gasteiger partial charge on any atom is -0.497 e. The number of thiophene rings is 1. The summed E-state index contributed by atoms with van der Waals surface area (Å²) in [6.07, 6.45) is 7.21. The van der Waals surface area contributed by atoms with Gasteiger partial charge in [-0.05, 0) is 47.9 Å². The average Bonchev–Trinajstić information content (AvgIpc) is 3.66. The second-order valence-corrected chi connectivity index (χ2v) is 10.1. The van der Waals surface area contributed by atoms with Crippen LogP contribution in [0.4, 0.5) is 0 Å². The van der Waals surface area contributed by atoms with Crippen LogP contribution >= 0.6 is 11.3 Å². The molecule has 4 rings (SSSR count). The Morgan fingerprint density at radius 2 is 1.97 bits per heavy atom. The van der Waals surface area contributed by atoms with Crippen LogP contribution in [0.5, 0.6) is 5.75 Å². The van der Waals surface area contributed by atoms with Gasteiger partial charge in [-0.2, -0.15) is 0 Å². The van der Waals surface area contributed by atoms with Crippen molar-refractivity contribution in [3.63, 3.8) is 0 Å². The van der Waals surface area contributed by atoms with Crippen LogP contribution in [0, 0.1) is 5.92 Å². The van der Waals surface area contributed by atoms with E-state index in [9.17, 15) is 9.59 Å². The lowest BCUT2D eigenvalue weighted by molar-refractivity contribution is -0.133. The fraction of sp³-hybridized carbons (Fsp3) is 0.444. The lowest BCUT2D eigenvalue weighted by Crippen LogP contribution is -2.30. The first kappa shape index (κ1) is 25.0. The zero-order valence-electron chi connectivity index (χ0n) is 20.2. The molecular formula is C27H33N3O4S. The van der Waals surface area contributed by atoms with E-state index in [1.807, 2.05) is 46.7 Å².